The lowest BCUT2D eigenvalue weighted by atomic mass is 10.1. The summed E-state index contributed by atoms with van der Waals surface area (Å²) in [4.78, 5) is 17.4. The molecule has 0 N–H and O–H groups in total. The molecule has 0 aliphatic rings. The zero-order chi connectivity index (χ0) is 15.8. The van der Waals surface area contributed by atoms with Crippen molar-refractivity contribution in [2.24, 2.45) is 4.99 Å². The third-order valence-electron chi connectivity index (χ3n) is 3.08. The van der Waals surface area contributed by atoms with Crippen LogP contribution >= 0.6 is 0 Å². The topological polar surface area (TPSA) is 32.7 Å². The van der Waals surface area contributed by atoms with Crippen LogP contribution in [-0.2, 0) is 6.42 Å². The third-order valence-corrected chi connectivity index (χ3v) is 3.08. The summed E-state index contributed by atoms with van der Waals surface area (Å²) in [5, 5.41) is 0. The molecule has 0 bridgehead atoms. The smallest absolute Gasteiger partial charge is 0.181 e. The molecule has 22 heavy (non-hydrogen) atoms. The molecular formula is C19H18N2O. The highest BCUT2D eigenvalue weighted by molar-refractivity contribution is 5.99. The first-order valence-electron chi connectivity index (χ1n) is 7.03. The Morgan fingerprint density at radius 3 is 2.45 bits per heavy atom. The van der Waals surface area contributed by atoms with Crippen LogP contribution in [0.1, 0.15) is 15.9 Å². The summed E-state index contributed by atoms with van der Waals surface area (Å²) in [7, 11) is 3.83. The second-order valence-corrected chi connectivity index (χ2v) is 4.96. The number of nitrogens with zero attached hydrogens (tertiary/aromatic N) is 2. The van der Waals surface area contributed by atoms with Gasteiger partial charge in [0, 0.05) is 26.1 Å². The zero-order valence-electron chi connectivity index (χ0n) is 12.8. The SMILES string of the molecule is CN(C)C(C#CCc1ccccc1C=O)=Nc1ccccc1. The number of carbonyl (C=O) groups is 1. The maximum Gasteiger partial charge on any atom is 0.181 e. The normalized spacial score (nSPS) is 10.5. The highest BCUT2D eigenvalue weighted by Gasteiger charge is 2.00. The molecule has 0 spiro atoms. The van der Waals surface area contributed by atoms with E-state index in [0.717, 1.165) is 17.5 Å². The van der Waals surface area contributed by atoms with Crippen molar-refractivity contribution in [3.8, 4) is 11.8 Å². The molecule has 0 radical (unpaired) electrons. The Labute approximate surface area is 131 Å². The van der Waals surface area contributed by atoms with Crippen molar-refractivity contribution in [2.75, 3.05) is 14.1 Å². The minimum absolute atomic E-state index is 0.524. The number of aliphatic imine (C=N–C) groups is 1. The van der Waals surface area contributed by atoms with Gasteiger partial charge >= 0.3 is 0 Å². The largest absolute Gasteiger partial charge is 0.356 e. The Balaban J connectivity index is 2.20. The lowest BCUT2D eigenvalue weighted by Crippen LogP contribution is -2.19. The number of benzene rings is 2. The number of rotatable bonds is 3. The minimum Gasteiger partial charge on any atom is -0.356 e. The summed E-state index contributed by atoms with van der Waals surface area (Å²) in [5.74, 6) is 6.86. The van der Waals surface area contributed by atoms with Gasteiger partial charge in [-0.1, -0.05) is 48.4 Å². The minimum atomic E-state index is 0.524. The Bertz CT molecular complexity index is 722. The predicted molar refractivity (Wildman–Crippen MR) is 90.5 cm³/mol. The molecular weight excluding hydrogens is 272 g/mol. The molecule has 3 heteroatoms. The number of para-hydroxylation sites is 1. The van der Waals surface area contributed by atoms with Gasteiger partial charge in [0.2, 0.25) is 0 Å². The van der Waals surface area contributed by atoms with Gasteiger partial charge in [0.1, 0.15) is 6.29 Å². The third kappa shape index (κ3) is 4.32. The summed E-state index contributed by atoms with van der Waals surface area (Å²) in [6.45, 7) is 0. The van der Waals surface area contributed by atoms with E-state index in [0.29, 0.717) is 17.8 Å². The second kappa shape index (κ2) is 7.80. The Hall–Kier alpha value is -2.86. The van der Waals surface area contributed by atoms with Gasteiger partial charge in [-0.15, -0.1) is 0 Å². The lowest BCUT2D eigenvalue weighted by molar-refractivity contribution is 0.112. The average Bonchev–Trinajstić information content (AvgIpc) is 2.55. The highest BCUT2D eigenvalue weighted by atomic mass is 16.1. The molecule has 0 fully saturated rings. The van der Waals surface area contributed by atoms with Gasteiger partial charge in [0.25, 0.3) is 0 Å². The van der Waals surface area contributed by atoms with Crippen LogP contribution in [0.4, 0.5) is 5.69 Å². The molecule has 2 rings (SSSR count). The fourth-order valence-corrected chi connectivity index (χ4v) is 1.89. The van der Waals surface area contributed by atoms with Crippen LogP contribution in [0.5, 0.6) is 0 Å². The summed E-state index contributed by atoms with van der Waals surface area (Å²) in [6, 6.07) is 17.2. The maximum absolute atomic E-state index is 11.0. The van der Waals surface area contributed by atoms with E-state index in [-0.39, 0.29) is 0 Å². The number of hydrogen-bond acceptors (Lipinski definition) is 2. The molecule has 2 aromatic carbocycles. The molecule has 0 heterocycles. The van der Waals surface area contributed by atoms with E-state index in [1.165, 1.54) is 0 Å². The number of aldehydes is 1. The molecule has 110 valence electrons. The van der Waals surface area contributed by atoms with Gasteiger partial charge < -0.3 is 4.90 Å². The highest BCUT2D eigenvalue weighted by Crippen LogP contribution is 2.10. The van der Waals surface area contributed by atoms with Gasteiger partial charge in [-0.3, -0.25) is 4.79 Å². The van der Waals surface area contributed by atoms with Crippen molar-refractivity contribution in [3.63, 3.8) is 0 Å². The molecule has 0 aliphatic heterocycles. The summed E-state index contributed by atoms with van der Waals surface area (Å²) in [6.07, 6.45) is 1.39. The fourth-order valence-electron chi connectivity index (χ4n) is 1.89. The first-order valence-corrected chi connectivity index (χ1v) is 7.03. The molecule has 0 saturated carbocycles. The van der Waals surface area contributed by atoms with Crippen LogP contribution in [0.3, 0.4) is 0 Å². The Kier molecular flexibility index (Phi) is 5.50. The van der Waals surface area contributed by atoms with Crippen molar-refractivity contribution in [3.05, 3.63) is 65.7 Å². The maximum atomic E-state index is 11.0. The molecule has 0 amide bonds. The van der Waals surface area contributed by atoms with E-state index in [4.69, 9.17) is 0 Å². The van der Waals surface area contributed by atoms with Crippen molar-refractivity contribution < 1.29 is 4.79 Å². The molecule has 3 nitrogen and oxygen atoms in total. The average molecular weight is 290 g/mol. The van der Waals surface area contributed by atoms with E-state index in [1.54, 1.807) is 6.07 Å². The Morgan fingerprint density at radius 1 is 1.09 bits per heavy atom. The molecule has 0 aromatic heterocycles. The van der Waals surface area contributed by atoms with Crippen molar-refractivity contribution in [2.45, 2.75) is 6.42 Å². The van der Waals surface area contributed by atoms with Gasteiger partial charge in [-0.25, -0.2) is 4.99 Å². The zero-order valence-corrected chi connectivity index (χ0v) is 12.8. The monoisotopic (exact) mass is 290 g/mol. The first-order chi connectivity index (χ1) is 10.7. The van der Waals surface area contributed by atoms with E-state index in [9.17, 15) is 4.79 Å². The van der Waals surface area contributed by atoms with Crippen LogP contribution in [0.2, 0.25) is 0 Å². The van der Waals surface area contributed by atoms with Gasteiger partial charge in [-0.05, 0) is 23.6 Å². The van der Waals surface area contributed by atoms with E-state index in [1.807, 2.05) is 67.5 Å². The van der Waals surface area contributed by atoms with Crippen molar-refractivity contribution >= 4 is 17.8 Å². The van der Waals surface area contributed by atoms with Gasteiger partial charge in [-0.2, -0.15) is 0 Å². The lowest BCUT2D eigenvalue weighted by Gasteiger charge is -2.09. The predicted octanol–water partition coefficient (Wildman–Crippen LogP) is 3.34. The second-order valence-electron chi connectivity index (χ2n) is 4.96. The first kappa shape index (κ1) is 15.5. The van der Waals surface area contributed by atoms with Crippen molar-refractivity contribution in [1.82, 2.24) is 4.90 Å². The Morgan fingerprint density at radius 2 is 1.77 bits per heavy atom. The van der Waals surface area contributed by atoms with Gasteiger partial charge in [0.05, 0.1) is 5.69 Å². The molecule has 0 unspecified atom stereocenters. The number of carbonyl (C=O) groups excluding carboxylic acids is 1. The number of hydrogen-bond donors (Lipinski definition) is 0. The summed E-state index contributed by atoms with van der Waals surface area (Å²) >= 11 is 0. The van der Waals surface area contributed by atoms with Crippen LogP contribution < -0.4 is 0 Å². The fraction of sp³-hybridized carbons (Fsp3) is 0.158. The molecule has 2 aromatic rings. The molecule has 0 saturated heterocycles. The summed E-state index contributed by atoms with van der Waals surface area (Å²) in [5.41, 5.74) is 2.49. The van der Waals surface area contributed by atoms with Crippen molar-refractivity contribution in [1.29, 1.82) is 0 Å². The van der Waals surface area contributed by atoms with Crippen LogP contribution in [0, 0.1) is 11.8 Å². The molecule has 0 atom stereocenters. The summed E-state index contributed by atoms with van der Waals surface area (Å²) < 4.78 is 0. The molecule has 0 aliphatic carbocycles. The quantitative estimate of drug-likeness (QED) is 0.376. The standard InChI is InChI=1S/C19H18N2O/c1-21(2)19(20-18-12-4-3-5-13-18)14-8-11-16-9-6-7-10-17(16)15-22/h3-7,9-10,12-13,15H,11H2,1-2H3. The van der Waals surface area contributed by atoms with Crippen LogP contribution in [0.15, 0.2) is 59.6 Å². The van der Waals surface area contributed by atoms with Gasteiger partial charge in [0.15, 0.2) is 5.84 Å². The van der Waals surface area contributed by atoms with E-state index >= 15 is 0 Å². The van der Waals surface area contributed by atoms with Crippen LogP contribution in [-0.4, -0.2) is 31.1 Å². The number of amidine groups is 1. The van der Waals surface area contributed by atoms with E-state index in [2.05, 4.69) is 16.8 Å². The van der Waals surface area contributed by atoms with Crippen LogP contribution in [0.25, 0.3) is 0 Å². The van der Waals surface area contributed by atoms with E-state index < -0.39 is 0 Å².